The first-order valence-corrected chi connectivity index (χ1v) is 6.18. The van der Waals surface area contributed by atoms with Crippen LogP contribution in [0.3, 0.4) is 0 Å². The van der Waals surface area contributed by atoms with Gasteiger partial charge in [0.2, 0.25) is 0 Å². The minimum Gasteiger partial charge on any atom is -0.337 e. The molecular formula is C11H16N2OS. The molecular weight excluding hydrogens is 208 g/mol. The fourth-order valence-electron chi connectivity index (χ4n) is 2.13. The van der Waals surface area contributed by atoms with Crippen LogP contribution in [0.15, 0.2) is 16.8 Å². The van der Waals surface area contributed by atoms with Gasteiger partial charge in [0.15, 0.2) is 0 Å². The maximum absolute atomic E-state index is 12.0. The molecule has 2 rings (SSSR count). The zero-order valence-corrected chi connectivity index (χ0v) is 9.67. The molecule has 2 unspecified atom stereocenters. The molecule has 2 N–H and O–H groups in total. The summed E-state index contributed by atoms with van der Waals surface area (Å²) < 4.78 is 0. The summed E-state index contributed by atoms with van der Waals surface area (Å²) in [6.07, 6.45) is 1.02. The van der Waals surface area contributed by atoms with Crippen LogP contribution in [0.5, 0.6) is 0 Å². The molecule has 1 aromatic rings. The summed E-state index contributed by atoms with van der Waals surface area (Å²) in [6.45, 7) is 3.67. The maximum Gasteiger partial charge on any atom is 0.254 e. The smallest absolute Gasteiger partial charge is 0.254 e. The molecule has 0 aromatic carbocycles. The first kappa shape index (κ1) is 10.6. The van der Waals surface area contributed by atoms with E-state index in [4.69, 9.17) is 5.73 Å². The lowest BCUT2D eigenvalue weighted by Gasteiger charge is -2.34. The van der Waals surface area contributed by atoms with Gasteiger partial charge in [-0.2, -0.15) is 11.3 Å². The largest absolute Gasteiger partial charge is 0.337 e. The Morgan fingerprint density at radius 3 is 3.00 bits per heavy atom. The monoisotopic (exact) mass is 224 g/mol. The lowest BCUT2D eigenvalue weighted by Crippen LogP contribution is -2.48. The Balaban J connectivity index is 2.07. The van der Waals surface area contributed by atoms with Crippen molar-refractivity contribution in [2.75, 3.05) is 13.1 Å². The third-order valence-corrected chi connectivity index (χ3v) is 3.43. The van der Waals surface area contributed by atoms with Crippen molar-refractivity contribution in [2.45, 2.75) is 19.4 Å². The Morgan fingerprint density at radius 2 is 2.40 bits per heavy atom. The van der Waals surface area contributed by atoms with Crippen LogP contribution in [0.25, 0.3) is 0 Å². The van der Waals surface area contributed by atoms with Crippen molar-refractivity contribution in [3.63, 3.8) is 0 Å². The minimum absolute atomic E-state index is 0.123. The molecule has 1 saturated heterocycles. The van der Waals surface area contributed by atoms with Gasteiger partial charge < -0.3 is 10.6 Å². The fraction of sp³-hybridized carbons (Fsp3) is 0.545. The fourth-order valence-corrected chi connectivity index (χ4v) is 2.76. The van der Waals surface area contributed by atoms with Gasteiger partial charge in [0.25, 0.3) is 5.91 Å². The molecule has 1 aliphatic rings. The summed E-state index contributed by atoms with van der Waals surface area (Å²) in [5.74, 6) is 0.634. The van der Waals surface area contributed by atoms with Crippen LogP contribution in [0.1, 0.15) is 23.7 Å². The Hall–Kier alpha value is -0.870. The number of rotatable bonds is 1. The number of hydrogen-bond donors (Lipinski definition) is 1. The van der Waals surface area contributed by atoms with Crippen LogP contribution in [0.4, 0.5) is 0 Å². The number of nitrogens with two attached hydrogens (primary N) is 1. The highest BCUT2D eigenvalue weighted by Crippen LogP contribution is 2.18. The number of carbonyl (C=O) groups excluding carboxylic acids is 1. The molecule has 0 spiro atoms. The van der Waals surface area contributed by atoms with Crippen molar-refractivity contribution >= 4 is 17.2 Å². The highest BCUT2D eigenvalue weighted by Gasteiger charge is 2.26. The lowest BCUT2D eigenvalue weighted by molar-refractivity contribution is 0.0661. The third-order valence-electron chi connectivity index (χ3n) is 2.75. The number of nitrogens with zero attached hydrogens (tertiary/aromatic N) is 1. The van der Waals surface area contributed by atoms with Crippen LogP contribution in [-0.2, 0) is 0 Å². The van der Waals surface area contributed by atoms with Crippen LogP contribution in [-0.4, -0.2) is 29.9 Å². The van der Waals surface area contributed by atoms with E-state index < -0.39 is 0 Å². The van der Waals surface area contributed by atoms with Crippen LogP contribution < -0.4 is 5.73 Å². The van der Waals surface area contributed by atoms with E-state index in [1.54, 1.807) is 11.3 Å². The van der Waals surface area contributed by atoms with Crippen molar-refractivity contribution in [2.24, 2.45) is 11.7 Å². The zero-order valence-electron chi connectivity index (χ0n) is 8.85. The quantitative estimate of drug-likeness (QED) is 0.787. The van der Waals surface area contributed by atoms with Crippen molar-refractivity contribution < 1.29 is 4.79 Å². The van der Waals surface area contributed by atoms with E-state index in [-0.39, 0.29) is 11.9 Å². The third kappa shape index (κ3) is 2.38. The molecule has 0 saturated carbocycles. The van der Waals surface area contributed by atoms with Crippen LogP contribution >= 0.6 is 11.3 Å². The molecule has 0 radical (unpaired) electrons. The number of amides is 1. The van der Waals surface area contributed by atoms with E-state index in [1.165, 1.54) is 0 Å². The first-order chi connectivity index (χ1) is 7.16. The van der Waals surface area contributed by atoms with E-state index in [9.17, 15) is 4.79 Å². The van der Waals surface area contributed by atoms with Crippen LogP contribution in [0.2, 0.25) is 0 Å². The van der Waals surface area contributed by atoms with Gasteiger partial charge >= 0.3 is 0 Å². The van der Waals surface area contributed by atoms with E-state index in [2.05, 4.69) is 6.92 Å². The number of piperidine rings is 1. The average Bonchev–Trinajstić information content (AvgIpc) is 2.67. The second-order valence-corrected chi connectivity index (χ2v) is 5.10. The SMILES string of the molecule is CC1CC(N)CN(C(=O)c2ccsc2)C1. The van der Waals surface area contributed by atoms with Gasteiger partial charge in [-0.25, -0.2) is 0 Å². The van der Waals surface area contributed by atoms with E-state index in [0.717, 1.165) is 18.5 Å². The molecule has 15 heavy (non-hydrogen) atoms. The number of thiophene rings is 1. The van der Waals surface area contributed by atoms with Gasteiger partial charge in [0.1, 0.15) is 0 Å². The summed E-state index contributed by atoms with van der Waals surface area (Å²) >= 11 is 1.55. The molecule has 1 amide bonds. The predicted molar refractivity (Wildman–Crippen MR) is 62.0 cm³/mol. The predicted octanol–water partition coefficient (Wildman–Crippen LogP) is 1.56. The molecule has 1 fully saturated rings. The van der Waals surface area contributed by atoms with Crippen molar-refractivity contribution in [3.05, 3.63) is 22.4 Å². The van der Waals surface area contributed by atoms with Crippen molar-refractivity contribution in [3.8, 4) is 0 Å². The molecule has 82 valence electrons. The summed E-state index contributed by atoms with van der Waals surface area (Å²) in [5.41, 5.74) is 6.71. The van der Waals surface area contributed by atoms with Gasteiger partial charge in [-0.05, 0) is 23.8 Å². The number of likely N-dealkylation sites (tertiary alicyclic amines) is 1. The molecule has 0 aliphatic carbocycles. The summed E-state index contributed by atoms with van der Waals surface area (Å²) in [4.78, 5) is 13.9. The molecule has 2 atom stereocenters. The normalized spacial score (nSPS) is 26.7. The topological polar surface area (TPSA) is 46.3 Å². The average molecular weight is 224 g/mol. The standard InChI is InChI=1S/C11H16N2OS/c1-8-4-10(12)6-13(5-8)11(14)9-2-3-15-7-9/h2-3,7-8,10H,4-6,12H2,1H3. The Kier molecular flexibility index (Phi) is 3.07. The van der Waals surface area contributed by atoms with Crippen molar-refractivity contribution in [1.29, 1.82) is 0 Å². The maximum atomic E-state index is 12.0. The zero-order chi connectivity index (χ0) is 10.8. The van der Waals surface area contributed by atoms with E-state index in [1.807, 2.05) is 21.7 Å². The highest BCUT2D eigenvalue weighted by molar-refractivity contribution is 7.08. The second-order valence-electron chi connectivity index (χ2n) is 4.32. The minimum atomic E-state index is 0.123. The second kappa shape index (κ2) is 4.33. The van der Waals surface area contributed by atoms with Gasteiger partial charge in [-0.3, -0.25) is 4.79 Å². The molecule has 1 aromatic heterocycles. The Labute approximate surface area is 93.9 Å². The molecule has 1 aliphatic heterocycles. The first-order valence-electron chi connectivity index (χ1n) is 5.24. The highest BCUT2D eigenvalue weighted by atomic mass is 32.1. The van der Waals surface area contributed by atoms with Gasteiger partial charge in [0, 0.05) is 24.5 Å². The number of carbonyl (C=O) groups is 1. The van der Waals surface area contributed by atoms with Gasteiger partial charge in [0.05, 0.1) is 5.56 Å². The molecule has 0 bridgehead atoms. The number of hydrogen-bond acceptors (Lipinski definition) is 3. The lowest BCUT2D eigenvalue weighted by atomic mass is 9.96. The van der Waals surface area contributed by atoms with Gasteiger partial charge in [-0.1, -0.05) is 6.92 Å². The summed E-state index contributed by atoms with van der Waals surface area (Å²) in [6, 6.07) is 2.01. The summed E-state index contributed by atoms with van der Waals surface area (Å²) in [5, 5.41) is 3.83. The molecule has 4 heteroatoms. The molecule has 3 nitrogen and oxygen atoms in total. The molecule has 2 heterocycles. The summed E-state index contributed by atoms with van der Waals surface area (Å²) in [7, 11) is 0. The Morgan fingerprint density at radius 1 is 1.60 bits per heavy atom. The van der Waals surface area contributed by atoms with E-state index in [0.29, 0.717) is 12.5 Å². The van der Waals surface area contributed by atoms with Crippen molar-refractivity contribution in [1.82, 2.24) is 4.90 Å². The van der Waals surface area contributed by atoms with Gasteiger partial charge in [-0.15, -0.1) is 0 Å². The Bertz CT molecular complexity index is 326. The van der Waals surface area contributed by atoms with Crippen LogP contribution in [0, 0.1) is 5.92 Å². The van der Waals surface area contributed by atoms with E-state index >= 15 is 0 Å².